The van der Waals surface area contributed by atoms with Crippen molar-refractivity contribution in [3.63, 3.8) is 0 Å². The molecular formula is C28H21ClF2N4O2. The second kappa shape index (κ2) is 10.4. The maximum atomic E-state index is 14.0. The van der Waals surface area contributed by atoms with Gasteiger partial charge in [0.2, 0.25) is 5.91 Å². The quantitative estimate of drug-likeness (QED) is 0.250. The number of carbonyl (C=O) groups is 1. The highest BCUT2D eigenvalue weighted by atomic mass is 35.5. The average molecular weight is 519 g/mol. The number of phenols is 1. The number of aromatic amines is 1. The SMILES string of the molecule is O=C(Cc1c[nH]c2ccc(O)cc12)NC(Cc1cc(F)cc(F)c1)c1nccnc1-c1ccc(Cl)cc1. The topological polar surface area (TPSA) is 90.9 Å². The molecule has 1 amide bonds. The lowest BCUT2D eigenvalue weighted by molar-refractivity contribution is -0.121. The summed E-state index contributed by atoms with van der Waals surface area (Å²) in [5.74, 6) is -1.67. The molecule has 0 fully saturated rings. The summed E-state index contributed by atoms with van der Waals surface area (Å²) in [4.78, 5) is 25.3. The van der Waals surface area contributed by atoms with Crippen LogP contribution < -0.4 is 5.32 Å². The minimum Gasteiger partial charge on any atom is -0.508 e. The van der Waals surface area contributed by atoms with E-state index in [9.17, 15) is 18.7 Å². The summed E-state index contributed by atoms with van der Waals surface area (Å²) in [6.07, 6.45) is 4.83. The van der Waals surface area contributed by atoms with E-state index in [0.717, 1.165) is 22.5 Å². The molecule has 2 heterocycles. The molecule has 0 spiro atoms. The van der Waals surface area contributed by atoms with Gasteiger partial charge in [0, 0.05) is 46.1 Å². The first-order chi connectivity index (χ1) is 17.9. The Morgan fingerprint density at radius 1 is 1.00 bits per heavy atom. The lowest BCUT2D eigenvalue weighted by Crippen LogP contribution is -2.32. The summed E-state index contributed by atoms with van der Waals surface area (Å²) in [6.45, 7) is 0. The average Bonchev–Trinajstić information content (AvgIpc) is 3.25. The van der Waals surface area contributed by atoms with Crippen LogP contribution in [0, 0.1) is 11.6 Å². The molecule has 1 unspecified atom stereocenters. The summed E-state index contributed by atoms with van der Waals surface area (Å²) in [6, 6.07) is 14.4. The third-order valence-corrected chi connectivity index (χ3v) is 6.23. The first-order valence-electron chi connectivity index (χ1n) is 11.5. The van der Waals surface area contributed by atoms with Crippen molar-refractivity contribution in [2.75, 3.05) is 0 Å². The van der Waals surface area contributed by atoms with Gasteiger partial charge < -0.3 is 15.4 Å². The molecule has 186 valence electrons. The van der Waals surface area contributed by atoms with Gasteiger partial charge in [-0.1, -0.05) is 23.7 Å². The lowest BCUT2D eigenvalue weighted by atomic mass is 9.98. The first kappa shape index (κ1) is 24.4. The predicted molar refractivity (Wildman–Crippen MR) is 137 cm³/mol. The second-order valence-electron chi connectivity index (χ2n) is 8.62. The van der Waals surface area contributed by atoms with Crippen LogP contribution in [0.3, 0.4) is 0 Å². The van der Waals surface area contributed by atoms with E-state index in [1.54, 1.807) is 48.7 Å². The minimum absolute atomic E-state index is 0.00794. The van der Waals surface area contributed by atoms with Crippen molar-refractivity contribution in [3.8, 4) is 17.0 Å². The van der Waals surface area contributed by atoms with Gasteiger partial charge in [0.05, 0.1) is 23.9 Å². The Labute approximate surface area is 216 Å². The summed E-state index contributed by atoms with van der Waals surface area (Å²) in [5.41, 5.74) is 3.51. The monoisotopic (exact) mass is 518 g/mol. The largest absolute Gasteiger partial charge is 0.508 e. The molecule has 0 bridgehead atoms. The van der Waals surface area contributed by atoms with Crippen LogP contribution in [0.1, 0.15) is 22.9 Å². The molecule has 1 atom stereocenters. The molecule has 5 rings (SSSR count). The van der Waals surface area contributed by atoms with E-state index in [4.69, 9.17) is 11.6 Å². The number of rotatable bonds is 7. The summed E-state index contributed by atoms with van der Waals surface area (Å²) in [5, 5.41) is 14.1. The number of aromatic nitrogens is 3. The highest BCUT2D eigenvalue weighted by Gasteiger charge is 2.23. The zero-order chi connectivity index (χ0) is 25.9. The van der Waals surface area contributed by atoms with Crippen molar-refractivity contribution in [2.24, 2.45) is 0 Å². The molecular weight excluding hydrogens is 498 g/mol. The fraction of sp³-hybridized carbons (Fsp3) is 0.107. The summed E-state index contributed by atoms with van der Waals surface area (Å²) in [7, 11) is 0. The molecule has 9 heteroatoms. The van der Waals surface area contributed by atoms with Crippen molar-refractivity contribution in [2.45, 2.75) is 18.9 Å². The fourth-order valence-corrected chi connectivity index (χ4v) is 4.47. The standard InChI is InChI=1S/C28H21ClF2N4O2/c29-19-3-1-17(2-4-19)27-28(33-8-7-32-27)25(11-16-9-20(30)13-21(31)10-16)35-26(37)12-18-15-34-24-6-5-22(36)14-23(18)24/h1-10,13-15,25,34,36H,11-12H2,(H,35,37). The van der Waals surface area contributed by atoms with Gasteiger partial charge in [-0.15, -0.1) is 0 Å². The molecule has 0 saturated carbocycles. The Morgan fingerprint density at radius 2 is 1.73 bits per heavy atom. The Hall–Kier alpha value is -4.30. The summed E-state index contributed by atoms with van der Waals surface area (Å²) >= 11 is 6.04. The van der Waals surface area contributed by atoms with E-state index in [-0.39, 0.29) is 24.5 Å². The highest BCUT2D eigenvalue weighted by Crippen LogP contribution is 2.29. The number of fused-ring (bicyclic) bond motifs is 1. The number of H-pyrrole nitrogens is 1. The van der Waals surface area contributed by atoms with E-state index in [1.807, 2.05) is 0 Å². The molecule has 3 aromatic carbocycles. The third-order valence-electron chi connectivity index (χ3n) is 5.97. The molecule has 0 aliphatic rings. The number of amides is 1. The van der Waals surface area contributed by atoms with Gasteiger partial charge >= 0.3 is 0 Å². The number of nitrogens with zero attached hydrogens (tertiary/aromatic N) is 2. The van der Waals surface area contributed by atoms with Gasteiger partial charge in [0.25, 0.3) is 0 Å². The number of phenolic OH excluding ortho intramolecular Hbond substituents is 1. The number of benzene rings is 3. The van der Waals surface area contributed by atoms with Crippen LogP contribution in [-0.2, 0) is 17.6 Å². The van der Waals surface area contributed by atoms with E-state index < -0.39 is 17.7 Å². The number of nitrogens with one attached hydrogen (secondary N) is 2. The van der Waals surface area contributed by atoms with Crippen LogP contribution >= 0.6 is 11.6 Å². The Balaban J connectivity index is 1.49. The smallest absolute Gasteiger partial charge is 0.225 e. The van der Waals surface area contributed by atoms with Gasteiger partial charge in [0.1, 0.15) is 17.4 Å². The fourth-order valence-electron chi connectivity index (χ4n) is 4.35. The minimum atomic E-state index is -0.744. The molecule has 0 aliphatic heterocycles. The number of hydrogen-bond donors (Lipinski definition) is 3. The molecule has 2 aromatic heterocycles. The van der Waals surface area contributed by atoms with Crippen molar-refractivity contribution >= 4 is 28.4 Å². The maximum Gasteiger partial charge on any atom is 0.225 e. The van der Waals surface area contributed by atoms with Crippen LogP contribution in [0.4, 0.5) is 8.78 Å². The predicted octanol–water partition coefficient (Wildman–Crippen LogP) is 5.90. The zero-order valence-electron chi connectivity index (χ0n) is 19.4. The second-order valence-corrected chi connectivity index (χ2v) is 9.06. The van der Waals surface area contributed by atoms with Crippen molar-refractivity contribution in [1.29, 1.82) is 0 Å². The molecule has 37 heavy (non-hydrogen) atoms. The van der Waals surface area contributed by atoms with Gasteiger partial charge in [-0.3, -0.25) is 14.8 Å². The van der Waals surface area contributed by atoms with Crippen LogP contribution in [0.2, 0.25) is 5.02 Å². The molecule has 6 nitrogen and oxygen atoms in total. The summed E-state index contributed by atoms with van der Waals surface area (Å²) < 4.78 is 27.9. The van der Waals surface area contributed by atoms with Crippen LogP contribution in [0.25, 0.3) is 22.2 Å². The van der Waals surface area contributed by atoms with Gasteiger partial charge in [-0.25, -0.2) is 8.78 Å². The Kier molecular flexibility index (Phi) is 6.83. The molecule has 5 aromatic rings. The van der Waals surface area contributed by atoms with Crippen molar-refractivity contribution in [3.05, 3.63) is 113 Å². The lowest BCUT2D eigenvalue weighted by Gasteiger charge is -2.21. The zero-order valence-corrected chi connectivity index (χ0v) is 20.1. The molecule has 3 N–H and O–H groups in total. The normalized spacial score (nSPS) is 12.0. The van der Waals surface area contributed by atoms with Crippen molar-refractivity contribution in [1.82, 2.24) is 20.3 Å². The third kappa shape index (κ3) is 5.59. The number of aromatic hydroxyl groups is 1. The molecule has 0 aliphatic carbocycles. The van der Waals surface area contributed by atoms with Gasteiger partial charge in [-0.05, 0) is 60.0 Å². The Bertz CT molecular complexity index is 1570. The van der Waals surface area contributed by atoms with Crippen LogP contribution in [0.15, 0.2) is 79.3 Å². The van der Waals surface area contributed by atoms with Crippen LogP contribution in [0.5, 0.6) is 5.75 Å². The van der Waals surface area contributed by atoms with Crippen LogP contribution in [-0.4, -0.2) is 26.0 Å². The number of halogens is 3. The Morgan fingerprint density at radius 3 is 2.49 bits per heavy atom. The van der Waals surface area contributed by atoms with E-state index in [2.05, 4.69) is 20.3 Å². The molecule has 0 saturated heterocycles. The number of carbonyl (C=O) groups excluding carboxylic acids is 1. The number of hydrogen-bond acceptors (Lipinski definition) is 4. The van der Waals surface area contributed by atoms with E-state index >= 15 is 0 Å². The van der Waals surface area contributed by atoms with Crippen molar-refractivity contribution < 1.29 is 18.7 Å². The van der Waals surface area contributed by atoms with E-state index in [1.165, 1.54) is 24.5 Å². The highest BCUT2D eigenvalue weighted by molar-refractivity contribution is 6.30. The first-order valence-corrected chi connectivity index (χ1v) is 11.8. The van der Waals surface area contributed by atoms with Gasteiger partial charge in [-0.2, -0.15) is 0 Å². The maximum absolute atomic E-state index is 14.0. The van der Waals surface area contributed by atoms with E-state index in [0.29, 0.717) is 27.5 Å². The van der Waals surface area contributed by atoms with Gasteiger partial charge in [0.15, 0.2) is 0 Å². The molecule has 0 radical (unpaired) electrons.